The summed E-state index contributed by atoms with van der Waals surface area (Å²) in [4.78, 5) is 13.8. The monoisotopic (exact) mass is 324 g/mol. The van der Waals surface area contributed by atoms with Crippen LogP contribution in [0.1, 0.15) is 19.4 Å². The molecule has 4 heteroatoms. The SMILES string of the molecule is C=C(C)[C@@H](Br)C(=O)N(Cc1ccccc1)C[C@@H](C)N. The van der Waals surface area contributed by atoms with Crippen molar-refractivity contribution in [3.05, 3.63) is 48.0 Å². The average molecular weight is 325 g/mol. The molecule has 0 aliphatic rings. The number of hydrogen-bond donors (Lipinski definition) is 1. The first-order chi connectivity index (χ1) is 8.91. The average Bonchev–Trinajstić information content (AvgIpc) is 2.36. The van der Waals surface area contributed by atoms with E-state index in [1.807, 2.05) is 44.2 Å². The first kappa shape index (κ1) is 15.9. The lowest BCUT2D eigenvalue weighted by molar-refractivity contribution is -0.130. The van der Waals surface area contributed by atoms with Gasteiger partial charge in [-0.3, -0.25) is 4.79 Å². The van der Waals surface area contributed by atoms with Crippen LogP contribution in [0.5, 0.6) is 0 Å². The van der Waals surface area contributed by atoms with Gasteiger partial charge in [0.05, 0.1) is 0 Å². The highest BCUT2D eigenvalue weighted by atomic mass is 79.9. The summed E-state index contributed by atoms with van der Waals surface area (Å²) in [6.07, 6.45) is 0. The predicted molar refractivity (Wildman–Crippen MR) is 83.0 cm³/mol. The normalized spacial score (nSPS) is 13.7. The zero-order valence-corrected chi connectivity index (χ0v) is 13.1. The molecular weight excluding hydrogens is 304 g/mol. The van der Waals surface area contributed by atoms with Crippen LogP contribution in [0.3, 0.4) is 0 Å². The summed E-state index contributed by atoms with van der Waals surface area (Å²) in [6, 6.07) is 9.85. The summed E-state index contributed by atoms with van der Waals surface area (Å²) < 4.78 is 0. The van der Waals surface area contributed by atoms with Gasteiger partial charge in [-0.2, -0.15) is 0 Å². The lowest BCUT2D eigenvalue weighted by atomic mass is 10.1. The van der Waals surface area contributed by atoms with E-state index in [9.17, 15) is 4.79 Å². The smallest absolute Gasteiger partial charge is 0.240 e. The minimum absolute atomic E-state index is 0.00801. The molecule has 0 unspecified atom stereocenters. The van der Waals surface area contributed by atoms with Crippen LogP contribution in [-0.2, 0) is 11.3 Å². The van der Waals surface area contributed by atoms with Crippen LogP contribution < -0.4 is 5.73 Å². The van der Waals surface area contributed by atoms with Crippen LogP contribution >= 0.6 is 15.9 Å². The van der Waals surface area contributed by atoms with Crippen molar-refractivity contribution >= 4 is 21.8 Å². The van der Waals surface area contributed by atoms with Crippen LogP contribution in [0.4, 0.5) is 0 Å². The van der Waals surface area contributed by atoms with Crippen molar-refractivity contribution in [3.8, 4) is 0 Å². The Morgan fingerprint density at radius 3 is 2.47 bits per heavy atom. The Morgan fingerprint density at radius 2 is 2.00 bits per heavy atom. The minimum atomic E-state index is -0.352. The molecule has 1 aromatic rings. The number of hydrogen-bond acceptors (Lipinski definition) is 2. The van der Waals surface area contributed by atoms with Crippen molar-refractivity contribution in [3.63, 3.8) is 0 Å². The van der Waals surface area contributed by atoms with Gasteiger partial charge < -0.3 is 10.6 Å². The lowest BCUT2D eigenvalue weighted by Crippen LogP contribution is -2.42. The van der Waals surface area contributed by atoms with Crippen molar-refractivity contribution in [1.82, 2.24) is 4.90 Å². The van der Waals surface area contributed by atoms with Crippen LogP contribution in [-0.4, -0.2) is 28.2 Å². The van der Waals surface area contributed by atoms with Crippen molar-refractivity contribution in [2.24, 2.45) is 5.73 Å². The van der Waals surface area contributed by atoms with Crippen LogP contribution in [0.15, 0.2) is 42.5 Å². The molecule has 0 aliphatic carbocycles. The summed E-state index contributed by atoms with van der Waals surface area (Å²) in [5, 5.41) is 0. The fraction of sp³-hybridized carbons (Fsp3) is 0.400. The van der Waals surface area contributed by atoms with Gasteiger partial charge in [-0.1, -0.05) is 58.4 Å². The molecule has 2 atom stereocenters. The molecule has 1 aromatic carbocycles. The number of rotatable bonds is 6. The number of nitrogens with two attached hydrogens (primary N) is 1. The quantitative estimate of drug-likeness (QED) is 0.646. The fourth-order valence-corrected chi connectivity index (χ4v) is 2.04. The second kappa shape index (κ2) is 7.46. The van der Waals surface area contributed by atoms with E-state index in [0.717, 1.165) is 11.1 Å². The van der Waals surface area contributed by atoms with Crippen LogP contribution in [0.2, 0.25) is 0 Å². The number of amides is 1. The van der Waals surface area contributed by atoms with Gasteiger partial charge >= 0.3 is 0 Å². The highest BCUT2D eigenvalue weighted by Crippen LogP contribution is 2.15. The second-order valence-corrected chi connectivity index (χ2v) is 5.81. The van der Waals surface area contributed by atoms with Gasteiger partial charge in [-0.15, -0.1) is 0 Å². The topological polar surface area (TPSA) is 46.3 Å². The maximum Gasteiger partial charge on any atom is 0.240 e. The zero-order valence-electron chi connectivity index (χ0n) is 11.5. The highest BCUT2D eigenvalue weighted by molar-refractivity contribution is 9.10. The third-order valence-corrected chi connectivity index (χ3v) is 3.86. The molecule has 0 aromatic heterocycles. The number of carbonyl (C=O) groups is 1. The third kappa shape index (κ3) is 5.17. The molecule has 0 heterocycles. The molecule has 0 radical (unpaired) electrons. The van der Waals surface area contributed by atoms with E-state index in [1.54, 1.807) is 4.90 Å². The van der Waals surface area contributed by atoms with Gasteiger partial charge in [-0.05, 0) is 19.4 Å². The molecular formula is C15H21BrN2O. The predicted octanol–water partition coefficient (Wildman–Crippen LogP) is 2.70. The Bertz CT molecular complexity index is 431. The van der Waals surface area contributed by atoms with Gasteiger partial charge in [0, 0.05) is 19.1 Å². The zero-order chi connectivity index (χ0) is 14.4. The van der Waals surface area contributed by atoms with E-state index in [-0.39, 0.29) is 16.8 Å². The van der Waals surface area contributed by atoms with Crippen LogP contribution in [0.25, 0.3) is 0 Å². The number of alkyl halides is 1. The van der Waals surface area contributed by atoms with Gasteiger partial charge in [0.1, 0.15) is 4.83 Å². The van der Waals surface area contributed by atoms with Crippen molar-refractivity contribution in [2.45, 2.75) is 31.3 Å². The summed E-state index contributed by atoms with van der Waals surface area (Å²) in [5.41, 5.74) is 7.72. The van der Waals surface area contributed by atoms with E-state index in [4.69, 9.17) is 5.73 Å². The van der Waals surface area contributed by atoms with E-state index < -0.39 is 0 Å². The molecule has 1 amide bonds. The van der Waals surface area contributed by atoms with E-state index >= 15 is 0 Å². The number of nitrogens with zero attached hydrogens (tertiary/aromatic N) is 1. The molecule has 1 rings (SSSR count). The Labute approximate surface area is 123 Å². The fourth-order valence-electron chi connectivity index (χ4n) is 1.75. The van der Waals surface area contributed by atoms with Crippen molar-refractivity contribution in [1.29, 1.82) is 0 Å². The molecule has 0 spiro atoms. The molecule has 2 N–H and O–H groups in total. The van der Waals surface area contributed by atoms with Gasteiger partial charge in [0.25, 0.3) is 0 Å². The summed E-state index contributed by atoms with van der Waals surface area (Å²) in [7, 11) is 0. The Hall–Kier alpha value is -1.13. The lowest BCUT2D eigenvalue weighted by Gasteiger charge is -2.27. The largest absolute Gasteiger partial charge is 0.336 e. The maximum atomic E-state index is 12.4. The molecule has 3 nitrogen and oxygen atoms in total. The Kier molecular flexibility index (Phi) is 6.25. The summed E-state index contributed by atoms with van der Waals surface area (Å²) >= 11 is 3.38. The van der Waals surface area contributed by atoms with Gasteiger partial charge in [-0.25, -0.2) is 0 Å². The standard InChI is InChI=1S/C15H21BrN2O/c1-11(2)14(16)15(19)18(9-12(3)17)10-13-7-5-4-6-8-13/h4-8,12,14H,1,9-10,17H2,2-3H3/t12-,14-/m1/s1. The van der Waals surface area contributed by atoms with Crippen LogP contribution in [0, 0.1) is 0 Å². The Morgan fingerprint density at radius 1 is 1.42 bits per heavy atom. The third-order valence-electron chi connectivity index (χ3n) is 2.69. The number of benzene rings is 1. The number of halogens is 1. The van der Waals surface area contributed by atoms with Gasteiger partial charge in [0.2, 0.25) is 5.91 Å². The molecule has 104 valence electrons. The summed E-state index contributed by atoms with van der Waals surface area (Å²) in [5.74, 6) is 0.00801. The second-order valence-electron chi connectivity index (χ2n) is 4.89. The Balaban J connectivity index is 2.83. The molecule has 0 saturated carbocycles. The van der Waals surface area contributed by atoms with E-state index in [1.165, 1.54) is 0 Å². The molecule has 0 fully saturated rings. The first-order valence-electron chi connectivity index (χ1n) is 6.29. The first-order valence-corrected chi connectivity index (χ1v) is 7.21. The van der Waals surface area contributed by atoms with Gasteiger partial charge in [0.15, 0.2) is 0 Å². The van der Waals surface area contributed by atoms with E-state index in [0.29, 0.717) is 13.1 Å². The van der Waals surface area contributed by atoms with Crippen molar-refractivity contribution in [2.75, 3.05) is 6.54 Å². The molecule has 0 saturated heterocycles. The molecule has 19 heavy (non-hydrogen) atoms. The minimum Gasteiger partial charge on any atom is -0.336 e. The number of carbonyl (C=O) groups excluding carboxylic acids is 1. The summed E-state index contributed by atoms with van der Waals surface area (Å²) in [6.45, 7) is 8.65. The van der Waals surface area contributed by atoms with E-state index in [2.05, 4.69) is 22.5 Å². The molecule has 0 bridgehead atoms. The maximum absolute atomic E-state index is 12.4. The van der Waals surface area contributed by atoms with Crippen molar-refractivity contribution < 1.29 is 4.79 Å². The highest BCUT2D eigenvalue weighted by Gasteiger charge is 2.23. The molecule has 0 aliphatic heterocycles.